The molecule has 70 valence electrons. The zero-order valence-corrected chi connectivity index (χ0v) is 8.63. The van der Waals surface area contributed by atoms with Gasteiger partial charge in [-0.15, -0.1) is 0 Å². The molecule has 1 aromatic rings. The van der Waals surface area contributed by atoms with E-state index in [-0.39, 0.29) is 12.2 Å². The third kappa shape index (κ3) is 2.21. The number of rotatable bonds is 2. The Hall–Kier alpha value is -1.03. The molecule has 0 aromatic heterocycles. The summed E-state index contributed by atoms with van der Waals surface area (Å²) in [6.45, 7) is 1.77. The van der Waals surface area contributed by atoms with Gasteiger partial charge in [-0.3, -0.25) is 4.79 Å². The summed E-state index contributed by atoms with van der Waals surface area (Å²) >= 11 is 3.13. The molecule has 0 heterocycles. The van der Waals surface area contributed by atoms with Crippen LogP contribution in [0.25, 0.3) is 0 Å². The van der Waals surface area contributed by atoms with Gasteiger partial charge in [-0.25, -0.2) is 0 Å². The SMILES string of the molecule is Cc1ccc(Br)c(O)c1CC(=O)O. The molecule has 0 spiro atoms. The summed E-state index contributed by atoms with van der Waals surface area (Å²) in [6.07, 6.45) is -0.156. The molecular weight excluding hydrogens is 236 g/mol. The van der Waals surface area contributed by atoms with Gasteiger partial charge in [0.2, 0.25) is 0 Å². The third-order valence-electron chi connectivity index (χ3n) is 1.80. The van der Waals surface area contributed by atoms with Crippen LogP contribution in [-0.2, 0) is 11.2 Å². The van der Waals surface area contributed by atoms with Crippen LogP contribution >= 0.6 is 15.9 Å². The largest absolute Gasteiger partial charge is 0.506 e. The molecule has 0 fully saturated rings. The average molecular weight is 245 g/mol. The van der Waals surface area contributed by atoms with E-state index in [9.17, 15) is 9.90 Å². The molecule has 2 N–H and O–H groups in total. The molecule has 1 rings (SSSR count). The molecule has 1 aromatic carbocycles. The lowest BCUT2D eigenvalue weighted by Gasteiger charge is -2.07. The minimum absolute atomic E-state index is 0.0161. The number of phenolic OH excluding ortho intramolecular Hbond substituents is 1. The van der Waals surface area contributed by atoms with E-state index in [0.29, 0.717) is 10.0 Å². The van der Waals surface area contributed by atoms with Gasteiger partial charge >= 0.3 is 5.97 Å². The lowest BCUT2D eigenvalue weighted by molar-refractivity contribution is -0.136. The Balaban J connectivity index is 3.17. The molecule has 0 atom stereocenters. The Morgan fingerprint density at radius 2 is 2.15 bits per heavy atom. The second kappa shape index (κ2) is 3.79. The molecule has 0 aliphatic rings. The summed E-state index contributed by atoms with van der Waals surface area (Å²) in [6, 6.07) is 3.46. The number of benzene rings is 1. The standard InChI is InChI=1S/C9H9BrO3/c1-5-2-3-7(10)9(13)6(5)4-8(11)12/h2-3,13H,4H2,1H3,(H,11,12). The average Bonchev–Trinajstić information content (AvgIpc) is 2.05. The van der Waals surface area contributed by atoms with Crippen molar-refractivity contribution in [2.45, 2.75) is 13.3 Å². The van der Waals surface area contributed by atoms with Crippen molar-refractivity contribution in [3.63, 3.8) is 0 Å². The number of aryl methyl sites for hydroxylation is 1. The van der Waals surface area contributed by atoms with E-state index in [1.807, 2.05) is 0 Å². The first kappa shape index (κ1) is 10.1. The van der Waals surface area contributed by atoms with Crippen molar-refractivity contribution in [2.24, 2.45) is 0 Å². The molecule has 3 nitrogen and oxygen atoms in total. The van der Waals surface area contributed by atoms with E-state index in [4.69, 9.17) is 5.11 Å². The Bertz CT molecular complexity index is 347. The molecule has 0 unspecified atom stereocenters. The normalized spacial score (nSPS) is 10.0. The monoisotopic (exact) mass is 244 g/mol. The maximum absolute atomic E-state index is 10.5. The van der Waals surface area contributed by atoms with Crippen molar-refractivity contribution in [1.29, 1.82) is 0 Å². The summed E-state index contributed by atoms with van der Waals surface area (Å²) in [5, 5.41) is 18.1. The Kier molecular flexibility index (Phi) is 2.93. The van der Waals surface area contributed by atoms with Crippen molar-refractivity contribution < 1.29 is 15.0 Å². The highest BCUT2D eigenvalue weighted by Crippen LogP contribution is 2.30. The summed E-state index contributed by atoms with van der Waals surface area (Å²) in [5.41, 5.74) is 1.24. The molecule has 0 saturated heterocycles. The Labute approximate surface area is 84.1 Å². The topological polar surface area (TPSA) is 57.5 Å². The maximum atomic E-state index is 10.5. The van der Waals surface area contributed by atoms with Crippen molar-refractivity contribution in [3.8, 4) is 5.75 Å². The number of aromatic hydroxyl groups is 1. The van der Waals surface area contributed by atoms with Crippen molar-refractivity contribution >= 4 is 21.9 Å². The number of carboxylic acid groups (broad SMARTS) is 1. The number of carboxylic acids is 1. The first-order chi connectivity index (χ1) is 6.02. The Morgan fingerprint density at radius 1 is 1.54 bits per heavy atom. The van der Waals surface area contributed by atoms with E-state index in [1.54, 1.807) is 19.1 Å². The van der Waals surface area contributed by atoms with Crippen LogP contribution in [0.4, 0.5) is 0 Å². The van der Waals surface area contributed by atoms with Crippen LogP contribution in [-0.4, -0.2) is 16.2 Å². The maximum Gasteiger partial charge on any atom is 0.307 e. The van der Waals surface area contributed by atoms with Gasteiger partial charge in [0.15, 0.2) is 0 Å². The lowest BCUT2D eigenvalue weighted by atomic mass is 10.1. The van der Waals surface area contributed by atoms with Crippen LogP contribution in [0.15, 0.2) is 16.6 Å². The van der Waals surface area contributed by atoms with Gasteiger partial charge in [-0.2, -0.15) is 0 Å². The fourth-order valence-electron chi connectivity index (χ4n) is 1.08. The van der Waals surface area contributed by atoms with Gasteiger partial charge in [0.1, 0.15) is 5.75 Å². The van der Waals surface area contributed by atoms with Gasteiger partial charge in [0.05, 0.1) is 10.9 Å². The first-order valence-corrected chi connectivity index (χ1v) is 4.50. The third-order valence-corrected chi connectivity index (χ3v) is 2.44. The quantitative estimate of drug-likeness (QED) is 0.838. The summed E-state index contributed by atoms with van der Waals surface area (Å²) in [5.74, 6) is -0.932. The smallest absolute Gasteiger partial charge is 0.307 e. The predicted octanol–water partition coefficient (Wildman–Crippen LogP) is 2.09. The number of hydrogen-bond donors (Lipinski definition) is 2. The molecule has 0 aliphatic carbocycles. The Morgan fingerprint density at radius 3 is 2.69 bits per heavy atom. The van der Waals surface area contributed by atoms with E-state index < -0.39 is 5.97 Å². The van der Waals surface area contributed by atoms with Crippen LogP contribution < -0.4 is 0 Å². The second-order valence-electron chi connectivity index (χ2n) is 2.76. The molecule has 13 heavy (non-hydrogen) atoms. The molecular formula is C9H9BrO3. The summed E-state index contributed by atoms with van der Waals surface area (Å²) in [4.78, 5) is 10.5. The summed E-state index contributed by atoms with van der Waals surface area (Å²) < 4.78 is 0.523. The highest BCUT2D eigenvalue weighted by molar-refractivity contribution is 9.10. The van der Waals surface area contributed by atoms with Crippen molar-refractivity contribution in [3.05, 3.63) is 27.7 Å². The number of carbonyl (C=O) groups is 1. The van der Waals surface area contributed by atoms with E-state index >= 15 is 0 Å². The molecule has 4 heteroatoms. The minimum atomic E-state index is -0.948. The fourth-order valence-corrected chi connectivity index (χ4v) is 1.45. The minimum Gasteiger partial charge on any atom is -0.506 e. The van der Waals surface area contributed by atoms with Crippen LogP contribution in [0.1, 0.15) is 11.1 Å². The van der Waals surface area contributed by atoms with Crippen molar-refractivity contribution in [2.75, 3.05) is 0 Å². The molecule has 0 aliphatic heterocycles. The van der Waals surface area contributed by atoms with Crippen LogP contribution in [0.2, 0.25) is 0 Å². The fraction of sp³-hybridized carbons (Fsp3) is 0.222. The van der Waals surface area contributed by atoms with Crippen molar-refractivity contribution in [1.82, 2.24) is 0 Å². The van der Waals surface area contributed by atoms with Gasteiger partial charge < -0.3 is 10.2 Å². The predicted molar refractivity (Wildman–Crippen MR) is 51.9 cm³/mol. The van der Waals surface area contributed by atoms with Crippen LogP contribution in [0.5, 0.6) is 5.75 Å². The summed E-state index contributed by atoms with van der Waals surface area (Å²) in [7, 11) is 0. The van der Waals surface area contributed by atoms with Gasteiger partial charge in [0, 0.05) is 5.56 Å². The highest BCUT2D eigenvalue weighted by Gasteiger charge is 2.11. The molecule has 0 radical (unpaired) electrons. The number of aliphatic carboxylic acids is 1. The van der Waals surface area contributed by atoms with Crippen LogP contribution in [0.3, 0.4) is 0 Å². The van der Waals surface area contributed by atoms with Gasteiger partial charge in [-0.05, 0) is 34.5 Å². The zero-order chi connectivity index (χ0) is 10.0. The molecule has 0 amide bonds. The van der Waals surface area contributed by atoms with Crippen LogP contribution in [0, 0.1) is 6.92 Å². The van der Waals surface area contributed by atoms with Gasteiger partial charge in [0.25, 0.3) is 0 Å². The van der Waals surface area contributed by atoms with E-state index in [0.717, 1.165) is 5.56 Å². The molecule has 0 saturated carbocycles. The lowest BCUT2D eigenvalue weighted by Crippen LogP contribution is -2.02. The molecule has 0 bridgehead atoms. The highest BCUT2D eigenvalue weighted by atomic mass is 79.9. The number of halogens is 1. The van der Waals surface area contributed by atoms with Gasteiger partial charge in [-0.1, -0.05) is 6.07 Å². The number of hydrogen-bond acceptors (Lipinski definition) is 2. The number of phenols is 1. The zero-order valence-electron chi connectivity index (χ0n) is 7.04. The van der Waals surface area contributed by atoms with E-state index in [2.05, 4.69) is 15.9 Å². The van der Waals surface area contributed by atoms with E-state index in [1.165, 1.54) is 0 Å². The second-order valence-corrected chi connectivity index (χ2v) is 3.62. The first-order valence-electron chi connectivity index (χ1n) is 3.71.